The van der Waals surface area contributed by atoms with E-state index in [0.29, 0.717) is 42.7 Å². The van der Waals surface area contributed by atoms with E-state index in [9.17, 15) is 13.2 Å². The van der Waals surface area contributed by atoms with Gasteiger partial charge in [-0.25, -0.2) is 4.98 Å². The number of benzene rings is 2. The molecule has 0 aliphatic carbocycles. The first kappa shape index (κ1) is 23.9. The number of hydrogen-bond acceptors (Lipinski definition) is 8. The smallest absolute Gasteiger partial charge is 0.487 e. The van der Waals surface area contributed by atoms with Crippen molar-refractivity contribution in [2.75, 3.05) is 13.2 Å². The van der Waals surface area contributed by atoms with Gasteiger partial charge in [-0.05, 0) is 46.7 Å². The van der Waals surface area contributed by atoms with E-state index in [1.165, 1.54) is 30.5 Å². The summed E-state index contributed by atoms with van der Waals surface area (Å²) in [6, 6.07) is 13.0. The third-order valence-corrected chi connectivity index (χ3v) is 4.57. The van der Waals surface area contributed by atoms with E-state index in [2.05, 4.69) is 26.3 Å². The highest BCUT2D eigenvalue weighted by molar-refractivity contribution is 5.66. The minimum Gasteiger partial charge on any atom is -0.487 e. The van der Waals surface area contributed by atoms with E-state index >= 15 is 0 Å². The molecular formula is C24H20F3N4O4+. The van der Waals surface area contributed by atoms with Crippen LogP contribution in [0.3, 0.4) is 0 Å². The van der Waals surface area contributed by atoms with Crippen molar-refractivity contribution in [3.63, 3.8) is 0 Å². The van der Waals surface area contributed by atoms with Gasteiger partial charge >= 0.3 is 18.8 Å². The van der Waals surface area contributed by atoms with Crippen LogP contribution in [-0.2, 0) is 18.0 Å². The molecule has 0 radical (unpaired) electrons. The van der Waals surface area contributed by atoms with Crippen LogP contribution < -0.4 is 9.47 Å². The van der Waals surface area contributed by atoms with Crippen LogP contribution in [0.4, 0.5) is 13.2 Å². The fourth-order valence-electron chi connectivity index (χ4n) is 2.91. The Morgan fingerprint density at radius 2 is 1.74 bits per heavy atom. The molecule has 2 heterocycles. The number of ether oxygens (including phenoxy) is 3. The molecule has 180 valence electrons. The highest BCUT2D eigenvalue weighted by Crippen LogP contribution is 2.23. The van der Waals surface area contributed by atoms with Crippen molar-refractivity contribution < 1.29 is 31.8 Å². The van der Waals surface area contributed by atoms with Crippen molar-refractivity contribution in [2.45, 2.75) is 19.6 Å². The van der Waals surface area contributed by atoms with Gasteiger partial charge in [-0.1, -0.05) is 24.3 Å². The van der Waals surface area contributed by atoms with Crippen molar-refractivity contribution >= 4 is 12.2 Å². The lowest BCUT2D eigenvalue weighted by Gasteiger charge is -2.08. The number of hydrogen-bond donors (Lipinski definition) is 0. The van der Waals surface area contributed by atoms with Gasteiger partial charge in [0.2, 0.25) is 5.89 Å². The third kappa shape index (κ3) is 7.95. The highest BCUT2D eigenvalue weighted by atomic mass is 19.4. The molecule has 0 saturated carbocycles. The average Bonchev–Trinajstić information content (AvgIpc) is 3.52. The van der Waals surface area contributed by atoms with Gasteiger partial charge in [-0.15, -0.1) is 13.2 Å². The van der Waals surface area contributed by atoms with Gasteiger partial charge in [0.1, 0.15) is 35.2 Å². The number of alkyl halides is 3. The van der Waals surface area contributed by atoms with Gasteiger partial charge in [0, 0.05) is 6.08 Å². The molecule has 8 nitrogen and oxygen atoms in total. The number of oxazole rings is 1. The molecule has 0 bridgehead atoms. The van der Waals surface area contributed by atoms with E-state index in [0.717, 1.165) is 5.56 Å². The summed E-state index contributed by atoms with van der Waals surface area (Å²) in [5, 5.41) is 9.08. The van der Waals surface area contributed by atoms with Crippen LogP contribution in [0.2, 0.25) is 0 Å². The fourth-order valence-corrected chi connectivity index (χ4v) is 2.91. The molecule has 0 amide bonds. The van der Waals surface area contributed by atoms with Crippen molar-refractivity contribution in [1.82, 2.24) is 9.99 Å². The second-order valence-corrected chi connectivity index (χ2v) is 7.22. The number of aromatic nitrogens is 1. The Bertz CT molecular complexity index is 1160. The van der Waals surface area contributed by atoms with Crippen LogP contribution in [0.15, 0.2) is 75.7 Å². The van der Waals surface area contributed by atoms with Gasteiger partial charge < -0.3 is 18.6 Å². The molecule has 1 aliphatic heterocycles. The number of nitrogens with zero attached hydrogens (tertiary/aromatic N) is 4. The number of rotatable bonds is 11. The third-order valence-electron chi connectivity index (χ3n) is 4.57. The Labute approximate surface area is 198 Å². The van der Waals surface area contributed by atoms with E-state index in [-0.39, 0.29) is 12.4 Å². The van der Waals surface area contributed by atoms with Crippen molar-refractivity contribution in [3.05, 3.63) is 89.9 Å². The summed E-state index contributed by atoms with van der Waals surface area (Å²) in [7, 11) is 0. The second kappa shape index (κ2) is 11.3. The monoisotopic (exact) mass is 485 g/mol. The normalized spacial score (nSPS) is 12.9. The minimum atomic E-state index is -4.72. The Kier molecular flexibility index (Phi) is 7.71. The standard InChI is InChI=1S/C24H20F3N4O4/c25-24(26,27)35-22-8-1-18(2-9-22)5-10-23-29-20(17-34-23)16-33-21-6-3-19(4-7-21)15-32-14-13-31-12-11-28-30-31/h1-10,12,17H,13-16H2/q+1. The molecule has 0 fully saturated rings. The Hall–Kier alpha value is -4.21. The zero-order valence-corrected chi connectivity index (χ0v) is 18.3. The quantitative estimate of drug-likeness (QED) is 0.252. The molecule has 0 spiro atoms. The molecule has 0 unspecified atom stereocenters. The largest absolute Gasteiger partial charge is 0.573 e. The molecule has 3 aromatic rings. The van der Waals surface area contributed by atoms with E-state index in [1.54, 1.807) is 23.4 Å². The second-order valence-electron chi connectivity index (χ2n) is 7.22. The Morgan fingerprint density at radius 1 is 0.971 bits per heavy atom. The highest BCUT2D eigenvalue weighted by Gasteiger charge is 2.30. The zero-order chi connectivity index (χ0) is 24.5. The molecule has 0 saturated heterocycles. The summed E-state index contributed by atoms with van der Waals surface area (Å²) >= 11 is 0. The van der Waals surface area contributed by atoms with E-state index in [1.807, 2.05) is 24.3 Å². The van der Waals surface area contributed by atoms with E-state index in [4.69, 9.17) is 13.9 Å². The maximum atomic E-state index is 12.2. The van der Waals surface area contributed by atoms with Crippen LogP contribution in [0.5, 0.6) is 11.5 Å². The molecule has 35 heavy (non-hydrogen) atoms. The lowest BCUT2D eigenvalue weighted by atomic mass is 10.2. The van der Waals surface area contributed by atoms with Gasteiger partial charge in [-0.3, -0.25) is 0 Å². The number of halogens is 3. The summed E-state index contributed by atoms with van der Waals surface area (Å²) in [5.41, 5.74) is 2.27. The van der Waals surface area contributed by atoms with Crippen LogP contribution >= 0.6 is 0 Å². The maximum Gasteiger partial charge on any atom is 0.573 e. The maximum absolute atomic E-state index is 12.2. The first-order chi connectivity index (χ1) is 16.9. The van der Waals surface area contributed by atoms with Crippen LogP contribution in [0.25, 0.3) is 12.2 Å². The topological polar surface area (TPSA) is 81.7 Å². The molecule has 2 aromatic carbocycles. The first-order valence-electron chi connectivity index (χ1n) is 10.5. The zero-order valence-electron chi connectivity index (χ0n) is 18.3. The van der Waals surface area contributed by atoms with Gasteiger partial charge in [0.05, 0.1) is 19.8 Å². The minimum absolute atomic E-state index is 0.214. The summed E-state index contributed by atoms with van der Waals surface area (Å²) in [4.78, 5) is 4.31. The first-order valence-corrected chi connectivity index (χ1v) is 10.5. The van der Waals surface area contributed by atoms with E-state index < -0.39 is 6.36 Å². The molecular weight excluding hydrogens is 465 g/mol. The lowest BCUT2D eigenvalue weighted by Crippen LogP contribution is -2.16. The van der Waals surface area contributed by atoms with Crippen molar-refractivity contribution in [2.24, 2.45) is 10.3 Å². The summed E-state index contributed by atoms with van der Waals surface area (Å²) < 4.78 is 57.3. The van der Waals surface area contributed by atoms with Crippen molar-refractivity contribution in [3.8, 4) is 11.5 Å². The molecule has 1 aliphatic rings. The lowest BCUT2D eigenvalue weighted by molar-refractivity contribution is -0.274. The molecule has 4 rings (SSSR count). The summed E-state index contributed by atoms with van der Waals surface area (Å²) in [6.45, 7) is 1.80. The average molecular weight is 485 g/mol. The van der Waals surface area contributed by atoms with Gasteiger partial charge in [-0.2, -0.15) is 5.01 Å². The van der Waals surface area contributed by atoms with Crippen molar-refractivity contribution in [1.29, 1.82) is 0 Å². The SMILES string of the molecule is FC(F)(F)Oc1ccc(C=Cc2nc(COc3ccc(COCCN4C=[C+]N=N4)cc3)co2)cc1. The summed E-state index contributed by atoms with van der Waals surface area (Å²) in [5.74, 6) is 0.733. The predicted molar refractivity (Wildman–Crippen MR) is 118 cm³/mol. The van der Waals surface area contributed by atoms with Gasteiger partial charge in [0.15, 0.2) is 0 Å². The van der Waals surface area contributed by atoms with Gasteiger partial charge in [0.25, 0.3) is 0 Å². The molecule has 0 N–H and O–H groups in total. The molecule has 11 heteroatoms. The predicted octanol–water partition coefficient (Wildman–Crippen LogP) is 5.80. The summed E-state index contributed by atoms with van der Waals surface area (Å²) in [6.07, 6.45) is 4.32. The van der Waals surface area contributed by atoms with Crippen LogP contribution in [0.1, 0.15) is 22.7 Å². The Morgan fingerprint density at radius 3 is 2.46 bits per heavy atom. The van der Waals surface area contributed by atoms with Crippen LogP contribution in [0, 0.1) is 6.20 Å². The molecule has 0 atom stereocenters. The molecule has 1 aromatic heterocycles. The fraction of sp³-hybridized carbons (Fsp3) is 0.208. The van der Waals surface area contributed by atoms with Crippen LogP contribution in [-0.4, -0.2) is 29.5 Å². The Balaban J connectivity index is 1.19.